The van der Waals surface area contributed by atoms with Gasteiger partial charge in [0.05, 0.1) is 0 Å². The van der Waals surface area contributed by atoms with Gasteiger partial charge in [0.1, 0.15) is 11.5 Å². The number of aryl methyl sites for hydroxylation is 1. The zero-order valence-electron chi connectivity index (χ0n) is 18.9. The summed E-state index contributed by atoms with van der Waals surface area (Å²) in [5.74, 6) is -0.833. The van der Waals surface area contributed by atoms with Gasteiger partial charge in [-0.15, -0.1) is 0 Å². The van der Waals surface area contributed by atoms with Crippen LogP contribution in [0.5, 0.6) is 0 Å². The number of carbonyl (C=O) groups excluding carboxylic acids is 2. The SMILES string of the molecule is NC(=O)[C@@H](CCc1ccccc1)NC(=O)C(c1ccccc1)(c1ccccc1)c1ccccc1. The largest absolute Gasteiger partial charge is 0.368 e. The van der Waals surface area contributed by atoms with Crippen molar-refractivity contribution in [2.45, 2.75) is 24.3 Å². The van der Waals surface area contributed by atoms with E-state index in [-0.39, 0.29) is 5.91 Å². The van der Waals surface area contributed by atoms with E-state index in [0.717, 1.165) is 22.3 Å². The lowest BCUT2D eigenvalue weighted by molar-refractivity contribution is -0.129. The molecule has 1 atom stereocenters. The molecule has 2 amide bonds. The molecule has 0 aliphatic carbocycles. The normalized spacial score (nSPS) is 12.0. The van der Waals surface area contributed by atoms with E-state index in [1.54, 1.807) is 0 Å². The van der Waals surface area contributed by atoms with E-state index >= 15 is 0 Å². The molecular weight excluding hydrogens is 420 g/mol. The van der Waals surface area contributed by atoms with Gasteiger partial charge in [-0.2, -0.15) is 0 Å². The number of benzene rings is 4. The minimum absolute atomic E-state index is 0.284. The molecular formula is C30H28N2O2. The maximum atomic E-state index is 14.3. The van der Waals surface area contributed by atoms with E-state index < -0.39 is 17.4 Å². The summed E-state index contributed by atoms with van der Waals surface area (Å²) in [5, 5.41) is 3.01. The monoisotopic (exact) mass is 448 g/mol. The first-order valence-electron chi connectivity index (χ1n) is 11.4. The van der Waals surface area contributed by atoms with Crippen LogP contribution in [0, 0.1) is 0 Å². The summed E-state index contributed by atoms with van der Waals surface area (Å²) in [6.07, 6.45) is 1.04. The number of carbonyl (C=O) groups is 2. The zero-order chi connectivity index (χ0) is 23.8. The maximum Gasteiger partial charge on any atom is 0.240 e. The van der Waals surface area contributed by atoms with E-state index in [9.17, 15) is 9.59 Å². The number of hydrogen-bond donors (Lipinski definition) is 2. The molecule has 0 aliphatic rings. The first-order chi connectivity index (χ1) is 16.6. The van der Waals surface area contributed by atoms with Gasteiger partial charge in [-0.05, 0) is 35.1 Å². The molecule has 0 bridgehead atoms. The number of rotatable bonds is 9. The third-order valence-electron chi connectivity index (χ3n) is 6.17. The summed E-state index contributed by atoms with van der Waals surface area (Å²) in [5.41, 5.74) is 8.14. The van der Waals surface area contributed by atoms with Crippen molar-refractivity contribution in [3.63, 3.8) is 0 Å². The molecule has 170 valence electrons. The summed E-state index contributed by atoms with van der Waals surface area (Å²) >= 11 is 0. The van der Waals surface area contributed by atoms with Crippen LogP contribution in [0.3, 0.4) is 0 Å². The molecule has 0 saturated carbocycles. The molecule has 4 heteroatoms. The van der Waals surface area contributed by atoms with Crippen LogP contribution in [0.25, 0.3) is 0 Å². The Morgan fingerprint density at radius 3 is 1.41 bits per heavy atom. The highest BCUT2D eigenvalue weighted by Gasteiger charge is 2.44. The quantitative estimate of drug-likeness (QED) is 0.367. The van der Waals surface area contributed by atoms with Crippen molar-refractivity contribution >= 4 is 11.8 Å². The first-order valence-corrected chi connectivity index (χ1v) is 11.4. The lowest BCUT2D eigenvalue weighted by atomic mass is 9.68. The molecule has 4 aromatic rings. The molecule has 3 N–H and O–H groups in total. The van der Waals surface area contributed by atoms with Crippen LogP contribution in [0.1, 0.15) is 28.7 Å². The third kappa shape index (κ3) is 4.76. The Morgan fingerprint density at radius 2 is 1.03 bits per heavy atom. The number of hydrogen-bond acceptors (Lipinski definition) is 2. The Morgan fingerprint density at radius 1 is 0.647 bits per heavy atom. The van der Waals surface area contributed by atoms with Gasteiger partial charge in [-0.3, -0.25) is 9.59 Å². The number of primary amides is 1. The van der Waals surface area contributed by atoms with Gasteiger partial charge >= 0.3 is 0 Å². The van der Waals surface area contributed by atoms with Crippen molar-refractivity contribution in [1.29, 1.82) is 0 Å². The van der Waals surface area contributed by atoms with Crippen LogP contribution in [-0.4, -0.2) is 17.9 Å². The minimum atomic E-state index is -1.15. The highest BCUT2D eigenvalue weighted by atomic mass is 16.2. The van der Waals surface area contributed by atoms with Gasteiger partial charge in [-0.1, -0.05) is 121 Å². The van der Waals surface area contributed by atoms with Crippen molar-refractivity contribution in [3.8, 4) is 0 Å². The van der Waals surface area contributed by atoms with Crippen LogP contribution in [0.15, 0.2) is 121 Å². The van der Waals surface area contributed by atoms with Crippen molar-refractivity contribution in [1.82, 2.24) is 5.32 Å². The van der Waals surface area contributed by atoms with Gasteiger partial charge < -0.3 is 11.1 Å². The molecule has 0 radical (unpaired) electrons. The van der Waals surface area contributed by atoms with Gasteiger partial charge in [0.2, 0.25) is 11.8 Å². The lowest BCUT2D eigenvalue weighted by Crippen LogP contribution is -2.53. The Labute approximate surface area is 200 Å². The Kier molecular flexibility index (Phi) is 7.19. The van der Waals surface area contributed by atoms with Crippen molar-refractivity contribution in [3.05, 3.63) is 144 Å². The third-order valence-corrected chi connectivity index (χ3v) is 6.17. The summed E-state index contributed by atoms with van der Waals surface area (Å²) in [6.45, 7) is 0. The second-order valence-electron chi connectivity index (χ2n) is 8.30. The number of amides is 2. The molecule has 34 heavy (non-hydrogen) atoms. The van der Waals surface area contributed by atoms with Crippen LogP contribution < -0.4 is 11.1 Å². The van der Waals surface area contributed by atoms with Crippen molar-refractivity contribution < 1.29 is 9.59 Å². The molecule has 0 fully saturated rings. The van der Waals surface area contributed by atoms with E-state index in [4.69, 9.17) is 5.73 Å². The van der Waals surface area contributed by atoms with Crippen molar-refractivity contribution in [2.24, 2.45) is 5.73 Å². The summed E-state index contributed by atoms with van der Waals surface area (Å²) < 4.78 is 0. The van der Waals surface area contributed by atoms with Crippen molar-refractivity contribution in [2.75, 3.05) is 0 Å². The molecule has 0 aromatic heterocycles. The molecule has 4 rings (SSSR count). The second-order valence-corrected chi connectivity index (χ2v) is 8.30. The number of nitrogens with two attached hydrogens (primary N) is 1. The Balaban J connectivity index is 1.78. The molecule has 0 unspecified atom stereocenters. The highest BCUT2D eigenvalue weighted by Crippen LogP contribution is 2.39. The second kappa shape index (κ2) is 10.6. The topological polar surface area (TPSA) is 72.2 Å². The predicted octanol–water partition coefficient (Wildman–Crippen LogP) is 4.62. The average Bonchev–Trinajstić information content (AvgIpc) is 2.89. The summed E-state index contributed by atoms with van der Waals surface area (Å²) in [6, 6.07) is 38.0. The standard InChI is InChI=1S/C30H28N2O2/c31-28(33)27(22-21-23-13-5-1-6-14-23)32-29(34)30(24-15-7-2-8-16-24,25-17-9-3-10-18-25)26-19-11-4-12-20-26/h1-20,27H,21-22H2,(H2,31,33)(H,32,34)/t27-/m1/s1. The molecule has 0 heterocycles. The molecule has 4 aromatic carbocycles. The van der Waals surface area contributed by atoms with E-state index in [0.29, 0.717) is 12.8 Å². The fourth-order valence-corrected chi connectivity index (χ4v) is 4.47. The van der Waals surface area contributed by atoms with Gasteiger partial charge in [0, 0.05) is 0 Å². The zero-order valence-corrected chi connectivity index (χ0v) is 18.9. The smallest absolute Gasteiger partial charge is 0.240 e. The van der Waals surface area contributed by atoms with Crippen LogP contribution in [0.2, 0.25) is 0 Å². The van der Waals surface area contributed by atoms with Gasteiger partial charge in [-0.25, -0.2) is 0 Å². The van der Waals surface area contributed by atoms with Crippen LogP contribution in [-0.2, 0) is 21.4 Å². The van der Waals surface area contributed by atoms with Gasteiger partial charge in [0.15, 0.2) is 0 Å². The van der Waals surface area contributed by atoms with Crippen LogP contribution in [0.4, 0.5) is 0 Å². The maximum absolute atomic E-state index is 14.3. The van der Waals surface area contributed by atoms with Gasteiger partial charge in [0.25, 0.3) is 0 Å². The average molecular weight is 449 g/mol. The lowest BCUT2D eigenvalue weighted by Gasteiger charge is -2.35. The highest BCUT2D eigenvalue weighted by molar-refractivity contribution is 5.98. The number of nitrogens with one attached hydrogen (secondary N) is 1. The fraction of sp³-hybridized carbons (Fsp3) is 0.133. The first kappa shape index (κ1) is 23.0. The minimum Gasteiger partial charge on any atom is -0.368 e. The van der Waals surface area contributed by atoms with E-state index in [1.807, 2.05) is 121 Å². The molecule has 4 nitrogen and oxygen atoms in total. The van der Waals surface area contributed by atoms with E-state index in [2.05, 4.69) is 5.32 Å². The fourth-order valence-electron chi connectivity index (χ4n) is 4.47. The predicted molar refractivity (Wildman–Crippen MR) is 135 cm³/mol. The van der Waals surface area contributed by atoms with E-state index in [1.165, 1.54) is 0 Å². The molecule has 0 aliphatic heterocycles. The summed E-state index contributed by atoms with van der Waals surface area (Å²) in [4.78, 5) is 26.7. The molecule has 0 spiro atoms. The Bertz CT molecular complexity index is 1110. The molecule has 0 saturated heterocycles. The van der Waals surface area contributed by atoms with Crippen LogP contribution >= 0.6 is 0 Å². The Hall–Kier alpha value is -4.18. The summed E-state index contributed by atoms with van der Waals surface area (Å²) in [7, 11) is 0.